The van der Waals surface area contributed by atoms with E-state index in [0.717, 1.165) is 12.0 Å². The van der Waals surface area contributed by atoms with E-state index < -0.39 is 5.60 Å². The predicted octanol–water partition coefficient (Wildman–Crippen LogP) is 3.78. The fraction of sp³-hybridized carbons (Fsp3) is 0.667. The van der Waals surface area contributed by atoms with E-state index in [-0.39, 0.29) is 0 Å². The largest absolute Gasteiger partial charge is 0.385 e. The Labute approximate surface area is 90.8 Å². The van der Waals surface area contributed by atoms with Gasteiger partial charge >= 0.3 is 0 Å². The minimum absolute atomic E-state index is 0.331. The second-order valence-electron chi connectivity index (χ2n) is 4.20. The second kappa shape index (κ2) is 4.94. The summed E-state index contributed by atoms with van der Waals surface area (Å²) in [7, 11) is 0. The maximum Gasteiger partial charge on any atom is 0.0901 e. The Morgan fingerprint density at radius 3 is 2.79 bits per heavy atom. The smallest absolute Gasteiger partial charge is 0.0901 e. The number of aliphatic hydroxyl groups is 1. The number of hydrogen-bond acceptors (Lipinski definition) is 2. The fourth-order valence-electron chi connectivity index (χ4n) is 1.63. The van der Waals surface area contributed by atoms with Crippen LogP contribution < -0.4 is 0 Å². The number of rotatable bonds is 5. The lowest BCUT2D eigenvalue weighted by Crippen LogP contribution is -2.29. The topological polar surface area (TPSA) is 20.2 Å². The molecule has 0 saturated carbocycles. The standard InChI is InChI=1S/C12H20OS/c1-4-5-6-10(2)12(3,13)11-7-8-14-9-11/h7-10,13H,4-6H2,1-3H3. The summed E-state index contributed by atoms with van der Waals surface area (Å²) in [5.41, 5.74) is 0.404. The van der Waals surface area contributed by atoms with E-state index in [1.54, 1.807) is 11.3 Å². The minimum Gasteiger partial charge on any atom is -0.385 e. The Bertz CT molecular complexity index is 251. The van der Waals surface area contributed by atoms with Crippen molar-refractivity contribution in [2.24, 2.45) is 5.92 Å². The zero-order valence-electron chi connectivity index (χ0n) is 9.29. The van der Waals surface area contributed by atoms with Gasteiger partial charge in [-0.3, -0.25) is 0 Å². The highest BCUT2D eigenvalue weighted by molar-refractivity contribution is 7.08. The van der Waals surface area contributed by atoms with E-state index in [2.05, 4.69) is 13.8 Å². The van der Waals surface area contributed by atoms with Crippen molar-refractivity contribution in [1.82, 2.24) is 0 Å². The molecule has 2 atom stereocenters. The van der Waals surface area contributed by atoms with Crippen molar-refractivity contribution in [3.05, 3.63) is 22.4 Å². The summed E-state index contributed by atoms with van der Waals surface area (Å²) >= 11 is 1.65. The lowest BCUT2D eigenvalue weighted by atomic mass is 9.82. The van der Waals surface area contributed by atoms with Crippen molar-refractivity contribution in [3.63, 3.8) is 0 Å². The zero-order chi connectivity index (χ0) is 10.6. The van der Waals surface area contributed by atoms with Crippen LogP contribution in [0.4, 0.5) is 0 Å². The van der Waals surface area contributed by atoms with Gasteiger partial charge in [0.25, 0.3) is 0 Å². The van der Waals surface area contributed by atoms with Gasteiger partial charge < -0.3 is 5.11 Å². The molecule has 2 heteroatoms. The average Bonchev–Trinajstić information content (AvgIpc) is 2.67. The second-order valence-corrected chi connectivity index (χ2v) is 4.98. The molecule has 1 aromatic rings. The molecule has 0 aliphatic rings. The molecule has 14 heavy (non-hydrogen) atoms. The third kappa shape index (κ3) is 2.58. The molecule has 1 aromatic heterocycles. The molecule has 0 radical (unpaired) electrons. The molecular weight excluding hydrogens is 192 g/mol. The lowest BCUT2D eigenvalue weighted by Gasteiger charge is -2.29. The molecule has 1 N–H and O–H groups in total. The summed E-state index contributed by atoms with van der Waals surface area (Å²) in [6, 6.07) is 2.02. The molecule has 0 bridgehead atoms. The molecule has 0 aliphatic carbocycles. The molecule has 0 aromatic carbocycles. The van der Waals surface area contributed by atoms with Crippen LogP contribution in [-0.4, -0.2) is 5.11 Å². The first-order valence-electron chi connectivity index (χ1n) is 5.34. The number of unbranched alkanes of at least 4 members (excludes halogenated alkanes) is 1. The van der Waals surface area contributed by atoms with Crippen LogP contribution in [0.15, 0.2) is 16.8 Å². The number of thiophene rings is 1. The highest BCUT2D eigenvalue weighted by Crippen LogP contribution is 2.33. The van der Waals surface area contributed by atoms with Gasteiger partial charge in [0.15, 0.2) is 0 Å². The SMILES string of the molecule is CCCCC(C)C(C)(O)c1ccsc1. The van der Waals surface area contributed by atoms with Crippen molar-refractivity contribution in [2.45, 2.75) is 45.6 Å². The Morgan fingerprint density at radius 2 is 2.29 bits per heavy atom. The third-order valence-electron chi connectivity index (χ3n) is 3.06. The highest BCUT2D eigenvalue weighted by Gasteiger charge is 2.29. The van der Waals surface area contributed by atoms with E-state index in [1.807, 2.05) is 23.8 Å². The molecule has 1 rings (SSSR count). The summed E-state index contributed by atoms with van der Waals surface area (Å²) in [4.78, 5) is 0. The maximum absolute atomic E-state index is 10.4. The van der Waals surface area contributed by atoms with Crippen molar-refractivity contribution in [1.29, 1.82) is 0 Å². The van der Waals surface area contributed by atoms with Gasteiger partial charge in [-0.25, -0.2) is 0 Å². The highest BCUT2D eigenvalue weighted by atomic mass is 32.1. The summed E-state index contributed by atoms with van der Waals surface area (Å²) in [6.45, 7) is 6.24. The molecule has 1 heterocycles. The van der Waals surface area contributed by atoms with Gasteiger partial charge in [-0.1, -0.05) is 26.7 Å². The molecule has 0 amide bonds. The van der Waals surface area contributed by atoms with E-state index in [0.29, 0.717) is 5.92 Å². The molecule has 1 nitrogen and oxygen atoms in total. The Morgan fingerprint density at radius 1 is 1.57 bits per heavy atom. The zero-order valence-corrected chi connectivity index (χ0v) is 10.1. The maximum atomic E-state index is 10.4. The molecule has 0 saturated heterocycles. The van der Waals surface area contributed by atoms with Gasteiger partial charge in [-0.2, -0.15) is 11.3 Å². The van der Waals surface area contributed by atoms with Crippen LogP contribution in [0.1, 0.15) is 45.6 Å². The van der Waals surface area contributed by atoms with Crippen molar-refractivity contribution >= 4 is 11.3 Å². The molecule has 2 unspecified atom stereocenters. The summed E-state index contributed by atoms with van der Waals surface area (Å²) in [5, 5.41) is 14.4. The monoisotopic (exact) mass is 212 g/mol. The molecular formula is C12H20OS. The lowest BCUT2D eigenvalue weighted by molar-refractivity contribution is -0.00233. The van der Waals surface area contributed by atoms with Crippen LogP contribution in [0.2, 0.25) is 0 Å². The fourth-order valence-corrected chi connectivity index (χ4v) is 2.40. The minimum atomic E-state index is -0.658. The van der Waals surface area contributed by atoms with E-state index in [9.17, 15) is 5.11 Å². The van der Waals surface area contributed by atoms with Crippen LogP contribution >= 0.6 is 11.3 Å². The van der Waals surface area contributed by atoms with Gasteiger partial charge in [0.2, 0.25) is 0 Å². The van der Waals surface area contributed by atoms with Gasteiger partial charge in [0, 0.05) is 0 Å². The molecule has 0 spiro atoms. The van der Waals surface area contributed by atoms with Gasteiger partial charge in [0.1, 0.15) is 0 Å². The Hall–Kier alpha value is -0.340. The average molecular weight is 212 g/mol. The Balaban J connectivity index is 2.64. The first-order chi connectivity index (χ1) is 6.59. The number of hydrogen-bond donors (Lipinski definition) is 1. The van der Waals surface area contributed by atoms with Crippen LogP contribution in [0, 0.1) is 5.92 Å². The first kappa shape index (κ1) is 11.7. The van der Waals surface area contributed by atoms with Gasteiger partial charge in [0.05, 0.1) is 5.60 Å². The van der Waals surface area contributed by atoms with Crippen LogP contribution in [0.3, 0.4) is 0 Å². The Kier molecular flexibility index (Phi) is 4.14. The summed E-state index contributed by atoms with van der Waals surface area (Å²) in [5.74, 6) is 0.331. The molecule has 80 valence electrons. The summed E-state index contributed by atoms with van der Waals surface area (Å²) < 4.78 is 0. The molecule has 0 fully saturated rings. The van der Waals surface area contributed by atoms with Crippen LogP contribution in [0.5, 0.6) is 0 Å². The van der Waals surface area contributed by atoms with Crippen LogP contribution in [-0.2, 0) is 5.60 Å². The van der Waals surface area contributed by atoms with Crippen molar-refractivity contribution < 1.29 is 5.11 Å². The van der Waals surface area contributed by atoms with Crippen molar-refractivity contribution in [3.8, 4) is 0 Å². The van der Waals surface area contributed by atoms with Gasteiger partial charge in [-0.05, 0) is 41.7 Å². The van der Waals surface area contributed by atoms with E-state index in [4.69, 9.17) is 0 Å². The third-order valence-corrected chi connectivity index (χ3v) is 3.74. The predicted molar refractivity (Wildman–Crippen MR) is 62.6 cm³/mol. The quantitative estimate of drug-likeness (QED) is 0.787. The summed E-state index contributed by atoms with van der Waals surface area (Å²) in [6.07, 6.45) is 3.49. The first-order valence-corrected chi connectivity index (χ1v) is 6.28. The van der Waals surface area contributed by atoms with Crippen molar-refractivity contribution in [2.75, 3.05) is 0 Å². The van der Waals surface area contributed by atoms with Crippen LogP contribution in [0.25, 0.3) is 0 Å². The van der Waals surface area contributed by atoms with Gasteiger partial charge in [-0.15, -0.1) is 0 Å². The van der Waals surface area contributed by atoms with E-state index in [1.165, 1.54) is 12.8 Å². The normalized spacial score (nSPS) is 17.7. The molecule has 0 aliphatic heterocycles. The van der Waals surface area contributed by atoms with E-state index >= 15 is 0 Å².